The molecule has 2 aromatic carbocycles. The summed E-state index contributed by atoms with van der Waals surface area (Å²) >= 11 is 0. The molecule has 3 aromatic rings. The van der Waals surface area contributed by atoms with Gasteiger partial charge < -0.3 is 15.4 Å². The number of aromatic nitrogens is 2. The monoisotopic (exact) mass is 625 g/mol. The van der Waals surface area contributed by atoms with Crippen LogP contribution < -0.4 is 15.4 Å². The van der Waals surface area contributed by atoms with Crippen LogP contribution in [0.5, 0.6) is 5.75 Å². The Balaban J connectivity index is 0.998. The Morgan fingerprint density at radius 3 is 2.22 bits per heavy atom. The highest BCUT2D eigenvalue weighted by Crippen LogP contribution is 2.34. The summed E-state index contributed by atoms with van der Waals surface area (Å²) in [5, 5.41) is 17.5. The van der Waals surface area contributed by atoms with Gasteiger partial charge in [0.1, 0.15) is 11.9 Å². The number of benzene rings is 2. The van der Waals surface area contributed by atoms with E-state index in [1.54, 1.807) is 30.3 Å². The van der Waals surface area contributed by atoms with Crippen LogP contribution in [0, 0.1) is 16.0 Å². The van der Waals surface area contributed by atoms with Crippen LogP contribution in [0.15, 0.2) is 54.7 Å². The van der Waals surface area contributed by atoms with E-state index in [4.69, 9.17) is 0 Å². The van der Waals surface area contributed by atoms with E-state index in [9.17, 15) is 32.9 Å². The van der Waals surface area contributed by atoms with E-state index < -0.39 is 11.3 Å². The fraction of sp³-hybridized carbons (Fsp3) is 0.400. The van der Waals surface area contributed by atoms with Gasteiger partial charge in [-0.15, -0.1) is 13.2 Å². The SMILES string of the molecule is O=C1c2ccccc2C(=O)N1C1CN(C2CCC(CNc3nc(NCc4ccccc4OC(F)(F)F)ncc3[N+](=O)[O-])CC2)C1. The number of carbonyl (C=O) groups excluding carboxylic acids is 2. The molecule has 6 rings (SSSR count). The number of fused-ring (bicyclic) bond motifs is 1. The zero-order valence-electron chi connectivity index (χ0n) is 24.0. The maximum absolute atomic E-state index is 12.8. The largest absolute Gasteiger partial charge is 0.573 e. The van der Waals surface area contributed by atoms with Gasteiger partial charge in [0.15, 0.2) is 0 Å². The van der Waals surface area contributed by atoms with E-state index in [1.165, 1.54) is 23.1 Å². The molecule has 15 heteroatoms. The molecule has 0 spiro atoms. The molecule has 0 bridgehead atoms. The minimum Gasteiger partial charge on any atom is -0.405 e. The Morgan fingerprint density at radius 1 is 0.933 bits per heavy atom. The number of rotatable bonds is 10. The van der Waals surface area contributed by atoms with Crippen LogP contribution in [0.3, 0.4) is 0 Å². The minimum absolute atomic E-state index is 0.0130. The molecular formula is C30H30F3N7O5. The Bertz CT molecular complexity index is 1570. The van der Waals surface area contributed by atoms with E-state index in [-0.39, 0.29) is 59.1 Å². The number of ether oxygens (including phenoxy) is 1. The third kappa shape index (κ3) is 6.53. The maximum Gasteiger partial charge on any atom is 0.573 e. The summed E-state index contributed by atoms with van der Waals surface area (Å²) in [7, 11) is 0. The van der Waals surface area contributed by atoms with Gasteiger partial charge in [0.2, 0.25) is 11.8 Å². The van der Waals surface area contributed by atoms with Crippen LogP contribution in [0.2, 0.25) is 0 Å². The van der Waals surface area contributed by atoms with Crippen molar-refractivity contribution < 1.29 is 32.4 Å². The highest BCUT2D eigenvalue weighted by molar-refractivity contribution is 6.21. The Morgan fingerprint density at radius 2 is 1.58 bits per heavy atom. The first kappa shape index (κ1) is 30.2. The van der Waals surface area contributed by atoms with Crippen molar-refractivity contribution in [2.45, 2.75) is 50.7 Å². The number of nitro groups is 1. The van der Waals surface area contributed by atoms with Gasteiger partial charge in [-0.1, -0.05) is 30.3 Å². The lowest BCUT2D eigenvalue weighted by atomic mass is 9.83. The topological polar surface area (TPSA) is 143 Å². The predicted molar refractivity (Wildman–Crippen MR) is 156 cm³/mol. The number of amides is 2. The maximum atomic E-state index is 12.8. The van der Waals surface area contributed by atoms with Crippen molar-refractivity contribution in [2.75, 3.05) is 30.3 Å². The van der Waals surface area contributed by atoms with E-state index >= 15 is 0 Å². The summed E-state index contributed by atoms with van der Waals surface area (Å²) in [6.45, 7) is 1.64. The normalized spacial score (nSPS) is 20.5. The summed E-state index contributed by atoms with van der Waals surface area (Å²) < 4.78 is 42.3. The standard InChI is InChI=1S/C30H30F3N7O5/c31-30(32,33)45-25-8-4-1-5-19(25)14-35-29-36-15-24(40(43)44)26(37-29)34-13-18-9-11-20(12-10-18)38-16-21(17-38)39-27(41)22-6-2-3-7-23(22)28(39)42/h1-8,15,18,20-21H,9-14,16-17H2,(H2,34,35,36,37). The highest BCUT2D eigenvalue weighted by atomic mass is 19.4. The van der Waals surface area contributed by atoms with Crippen LogP contribution in [0.4, 0.5) is 30.6 Å². The van der Waals surface area contributed by atoms with Crippen molar-refractivity contribution >= 4 is 29.3 Å². The highest BCUT2D eigenvalue weighted by Gasteiger charge is 2.46. The van der Waals surface area contributed by atoms with Gasteiger partial charge in [0.25, 0.3) is 11.8 Å². The lowest BCUT2D eigenvalue weighted by molar-refractivity contribution is -0.384. The molecule has 1 saturated carbocycles. The van der Waals surface area contributed by atoms with Crippen LogP contribution in [-0.2, 0) is 6.54 Å². The quantitative estimate of drug-likeness (QED) is 0.182. The molecule has 2 N–H and O–H groups in total. The summed E-state index contributed by atoms with van der Waals surface area (Å²) in [5.74, 6) is -0.553. The van der Waals surface area contributed by atoms with E-state index in [0.29, 0.717) is 36.8 Å². The van der Waals surface area contributed by atoms with Crippen molar-refractivity contribution in [1.82, 2.24) is 19.8 Å². The molecular weight excluding hydrogens is 595 g/mol. The number of anilines is 2. The number of nitrogens with one attached hydrogen (secondary N) is 2. The van der Waals surface area contributed by atoms with Gasteiger partial charge >= 0.3 is 12.0 Å². The molecule has 1 aliphatic carbocycles. The first-order valence-corrected chi connectivity index (χ1v) is 14.6. The van der Waals surface area contributed by atoms with Gasteiger partial charge in [-0.2, -0.15) is 4.98 Å². The zero-order chi connectivity index (χ0) is 31.7. The third-order valence-corrected chi connectivity index (χ3v) is 8.57. The predicted octanol–water partition coefficient (Wildman–Crippen LogP) is 4.85. The van der Waals surface area contributed by atoms with Crippen molar-refractivity contribution in [3.05, 3.63) is 81.5 Å². The molecule has 1 saturated heterocycles. The Hall–Kier alpha value is -4.79. The minimum atomic E-state index is -4.85. The number of halogens is 3. The van der Waals surface area contributed by atoms with Gasteiger partial charge in [0.05, 0.1) is 22.1 Å². The molecule has 2 aliphatic heterocycles. The molecule has 0 unspecified atom stereocenters. The summed E-state index contributed by atoms with van der Waals surface area (Å²) in [6, 6.07) is 12.7. The first-order valence-electron chi connectivity index (χ1n) is 14.6. The molecule has 2 amide bonds. The average molecular weight is 626 g/mol. The molecule has 0 radical (unpaired) electrons. The van der Waals surface area contributed by atoms with Gasteiger partial charge in [-0.05, 0) is 49.8 Å². The number of carbonyl (C=O) groups is 2. The zero-order valence-corrected chi connectivity index (χ0v) is 24.0. The second-order valence-electron chi connectivity index (χ2n) is 11.4. The molecule has 45 heavy (non-hydrogen) atoms. The molecule has 2 fully saturated rings. The van der Waals surface area contributed by atoms with Crippen LogP contribution in [0.25, 0.3) is 0 Å². The number of para-hydroxylation sites is 1. The van der Waals surface area contributed by atoms with E-state index in [1.807, 2.05) is 0 Å². The van der Waals surface area contributed by atoms with E-state index in [2.05, 4.69) is 30.2 Å². The number of likely N-dealkylation sites (tertiary alicyclic amines) is 1. The fourth-order valence-electron chi connectivity index (χ4n) is 6.22. The fourth-order valence-corrected chi connectivity index (χ4v) is 6.22. The summed E-state index contributed by atoms with van der Waals surface area (Å²) in [4.78, 5) is 48.5. The van der Waals surface area contributed by atoms with Crippen molar-refractivity contribution in [3.63, 3.8) is 0 Å². The molecule has 236 valence electrons. The molecule has 0 atom stereocenters. The van der Waals surface area contributed by atoms with Crippen LogP contribution in [-0.4, -0.2) is 74.6 Å². The lowest BCUT2D eigenvalue weighted by Gasteiger charge is -2.48. The Labute approximate surface area is 255 Å². The van der Waals surface area contributed by atoms with Crippen molar-refractivity contribution in [1.29, 1.82) is 0 Å². The molecule has 3 heterocycles. The molecule has 3 aliphatic rings. The second kappa shape index (κ2) is 12.3. The average Bonchev–Trinajstić information content (AvgIpc) is 3.24. The Kier molecular flexibility index (Phi) is 8.27. The number of hydrogen-bond acceptors (Lipinski definition) is 10. The van der Waals surface area contributed by atoms with Gasteiger partial charge in [-0.25, -0.2) is 4.98 Å². The smallest absolute Gasteiger partial charge is 0.405 e. The second-order valence-corrected chi connectivity index (χ2v) is 11.4. The van der Waals surface area contributed by atoms with Crippen LogP contribution in [0.1, 0.15) is 52.0 Å². The number of alkyl halides is 3. The number of imide groups is 1. The molecule has 1 aromatic heterocycles. The van der Waals surface area contributed by atoms with Gasteiger partial charge in [-0.3, -0.25) is 29.5 Å². The number of hydrogen-bond donors (Lipinski definition) is 2. The van der Waals surface area contributed by atoms with Crippen molar-refractivity contribution in [3.8, 4) is 5.75 Å². The number of nitrogens with zero attached hydrogens (tertiary/aromatic N) is 5. The summed E-state index contributed by atoms with van der Waals surface area (Å²) in [6.07, 6.45) is -0.201. The molecule has 12 nitrogen and oxygen atoms in total. The lowest BCUT2D eigenvalue weighted by Crippen LogP contribution is -2.63. The first-order chi connectivity index (χ1) is 21.6. The van der Waals surface area contributed by atoms with E-state index in [0.717, 1.165) is 31.9 Å². The summed E-state index contributed by atoms with van der Waals surface area (Å²) in [5.41, 5.74) is 0.818. The van der Waals surface area contributed by atoms with Crippen molar-refractivity contribution in [2.24, 2.45) is 5.92 Å². The van der Waals surface area contributed by atoms with Gasteiger partial charge in [0, 0.05) is 37.8 Å². The third-order valence-electron chi connectivity index (χ3n) is 8.57. The van der Waals surface area contributed by atoms with Crippen LogP contribution >= 0.6 is 0 Å².